The Morgan fingerprint density at radius 3 is 2.55 bits per heavy atom. The Labute approximate surface area is 239 Å². The van der Waals surface area contributed by atoms with Gasteiger partial charge in [0.2, 0.25) is 5.91 Å². The third kappa shape index (κ3) is 9.37. The number of allylic oxidation sites excluding steroid dienone is 2. The molecule has 0 aliphatic carbocycles. The van der Waals surface area contributed by atoms with Gasteiger partial charge in [-0.2, -0.15) is 0 Å². The van der Waals surface area contributed by atoms with E-state index in [4.69, 9.17) is 9.47 Å². The van der Waals surface area contributed by atoms with Crippen LogP contribution in [0.1, 0.15) is 57.6 Å². The van der Waals surface area contributed by atoms with Crippen LogP contribution in [0, 0.1) is 17.8 Å². The van der Waals surface area contributed by atoms with Crippen LogP contribution in [-0.4, -0.2) is 47.4 Å². The van der Waals surface area contributed by atoms with Gasteiger partial charge in [-0.15, -0.1) is 0 Å². The lowest BCUT2D eigenvalue weighted by Crippen LogP contribution is -2.47. The Bertz CT molecular complexity index is 1100. The molecular weight excluding hydrogens is 502 g/mol. The van der Waals surface area contributed by atoms with E-state index in [0.717, 1.165) is 24.0 Å². The van der Waals surface area contributed by atoms with Crippen molar-refractivity contribution in [1.82, 2.24) is 4.90 Å². The smallest absolute Gasteiger partial charge is 0.416 e. The summed E-state index contributed by atoms with van der Waals surface area (Å²) in [5.74, 6) is 0.663. The fraction of sp³-hybridized carbons (Fsp3) is 0.471. The molecule has 3 rings (SSSR count). The van der Waals surface area contributed by atoms with E-state index >= 15 is 0 Å². The number of nitrogens with zero attached hydrogens (tertiary/aromatic N) is 1. The first-order chi connectivity index (χ1) is 19.3. The van der Waals surface area contributed by atoms with Gasteiger partial charge < -0.3 is 14.6 Å². The predicted octanol–water partition coefficient (Wildman–Crippen LogP) is 6.77. The highest BCUT2D eigenvalue weighted by atomic mass is 16.6. The number of rotatable bonds is 16. The number of imide groups is 1. The number of cyclic esters (lactones) is 1. The molecule has 5 atom stereocenters. The third-order valence-electron chi connectivity index (χ3n) is 7.61. The number of aliphatic hydroxyl groups excluding tert-OH is 1. The Morgan fingerprint density at radius 1 is 1.15 bits per heavy atom. The van der Waals surface area contributed by atoms with Crippen LogP contribution in [0.15, 0.2) is 79.4 Å². The van der Waals surface area contributed by atoms with Gasteiger partial charge in [-0.25, -0.2) is 9.69 Å². The van der Waals surface area contributed by atoms with Gasteiger partial charge in [0.15, 0.2) is 0 Å². The molecule has 0 radical (unpaired) electrons. The first-order valence-corrected chi connectivity index (χ1v) is 14.5. The minimum absolute atomic E-state index is 0.147. The number of amides is 2. The third-order valence-corrected chi connectivity index (χ3v) is 7.61. The number of ether oxygens (including phenoxy) is 2. The normalized spacial score (nSPS) is 18.2. The summed E-state index contributed by atoms with van der Waals surface area (Å²) in [4.78, 5) is 27.9. The van der Waals surface area contributed by atoms with Crippen LogP contribution < -0.4 is 4.74 Å². The van der Waals surface area contributed by atoms with Crippen LogP contribution in [-0.2, 0) is 22.4 Å². The molecule has 2 aromatic rings. The quantitative estimate of drug-likeness (QED) is 0.235. The number of aliphatic hydroxyl groups is 1. The second-order valence-electron chi connectivity index (χ2n) is 11.0. The standard InChI is InChI=1S/C34H45NO5/c1-5-20-39-30-18-16-28(17-19-30)23-31(32(36)15-11-10-12-26(4)21-25(3)6-2)33(37)35-29(24-40-34(35)38)22-27-13-8-7-9-14-27/h5,7-10,12-14,16-19,25-26,29,31-32,36H,1,6,11,15,20-24H2,2-4H3/b12-10+/t25-,26+,29+,31+,32-/m1/s1. The summed E-state index contributed by atoms with van der Waals surface area (Å²) in [7, 11) is 0. The van der Waals surface area contributed by atoms with E-state index in [2.05, 4.69) is 39.5 Å². The summed E-state index contributed by atoms with van der Waals surface area (Å²) >= 11 is 0. The minimum atomic E-state index is -0.913. The van der Waals surface area contributed by atoms with E-state index in [1.54, 1.807) is 6.08 Å². The van der Waals surface area contributed by atoms with Crippen molar-refractivity contribution in [1.29, 1.82) is 0 Å². The SMILES string of the molecule is C=CCOc1ccc(C[C@H](C(=O)N2C(=O)OC[C@@H]2Cc2ccccc2)[C@H](O)CC/C=C/[C@H](C)C[C@H](C)CC)cc1. The number of benzene rings is 2. The maximum absolute atomic E-state index is 13.9. The highest BCUT2D eigenvalue weighted by molar-refractivity contribution is 5.95. The number of carbonyl (C=O) groups excluding carboxylic acids is 2. The summed E-state index contributed by atoms with van der Waals surface area (Å²) in [5.41, 5.74) is 1.90. The van der Waals surface area contributed by atoms with Gasteiger partial charge in [-0.05, 0) is 67.2 Å². The summed E-state index contributed by atoms with van der Waals surface area (Å²) < 4.78 is 10.9. The lowest BCUT2D eigenvalue weighted by molar-refractivity contribution is -0.137. The van der Waals surface area contributed by atoms with E-state index in [0.29, 0.717) is 49.9 Å². The van der Waals surface area contributed by atoms with Crippen molar-refractivity contribution in [2.75, 3.05) is 13.2 Å². The van der Waals surface area contributed by atoms with Crippen molar-refractivity contribution in [2.24, 2.45) is 17.8 Å². The molecule has 2 aromatic carbocycles. The molecule has 1 fully saturated rings. The van der Waals surface area contributed by atoms with Gasteiger partial charge in [0.1, 0.15) is 19.0 Å². The molecule has 1 aliphatic heterocycles. The summed E-state index contributed by atoms with van der Waals surface area (Å²) in [5, 5.41) is 11.3. The highest BCUT2D eigenvalue weighted by Gasteiger charge is 2.42. The summed E-state index contributed by atoms with van der Waals surface area (Å²) in [6, 6.07) is 16.8. The largest absolute Gasteiger partial charge is 0.490 e. The Balaban J connectivity index is 1.75. The molecule has 1 N–H and O–H groups in total. The maximum Gasteiger partial charge on any atom is 0.416 e. The molecule has 6 nitrogen and oxygen atoms in total. The number of hydrogen-bond donors (Lipinski definition) is 1. The maximum atomic E-state index is 13.9. The predicted molar refractivity (Wildman–Crippen MR) is 159 cm³/mol. The fourth-order valence-corrected chi connectivity index (χ4v) is 5.14. The molecule has 1 saturated heterocycles. The van der Waals surface area contributed by atoms with E-state index in [9.17, 15) is 14.7 Å². The van der Waals surface area contributed by atoms with Gasteiger partial charge in [0.25, 0.3) is 0 Å². The molecular formula is C34H45NO5. The fourth-order valence-electron chi connectivity index (χ4n) is 5.14. The molecule has 1 heterocycles. The van der Waals surface area contributed by atoms with Crippen LogP contribution >= 0.6 is 0 Å². The van der Waals surface area contributed by atoms with Crippen LogP contribution in [0.25, 0.3) is 0 Å². The molecule has 40 heavy (non-hydrogen) atoms. The van der Waals surface area contributed by atoms with Crippen LogP contribution in [0.3, 0.4) is 0 Å². The van der Waals surface area contributed by atoms with Gasteiger partial charge in [0.05, 0.1) is 18.1 Å². The van der Waals surface area contributed by atoms with Gasteiger partial charge in [0, 0.05) is 0 Å². The summed E-state index contributed by atoms with van der Waals surface area (Å²) in [6.45, 7) is 10.9. The second kappa shape index (κ2) is 16.0. The molecule has 0 aromatic heterocycles. The average Bonchev–Trinajstić information content (AvgIpc) is 3.32. The van der Waals surface area contributed by atoms with Gasteiger partial charge in [-0.3, -0.25) is 4.79 Å². The Hall–Kier alpha value is -3.38. The first-order valence-electron chi connectivity index (χ1n) is 14.5. The van der Waals surface area contributed by atoms with E-state index in [1.165, 1.54) is 4.90 Å². The molecule has 0 unspecified atom stereocenters. The summed E-state index contributed by atoms with van der Waals surface area (Å²) in [6.07, 6.45) is 8.61. The minimum Gasteiger partial charge on any atom is -0.490 e. The van der Waals surface area contributed by atoms with Crippen molar-refractivity contribution in [2.45, 2.75) is 71.4 Å². The number of carbonyl (C=O) groups is 2. The Morgan fingerprint density at radius 2 is 1.88 bits per heavy atom. The van der Waals surface area contributed by atoms with Gasteiger partial charge >= 0.3 is 6.09 Å². The molecule has 1 aliphatic rings. The van der Waals surface area contributed by atoms with Crippen LogP contribution in [0.4, 0.5) is 4.79 Å². The molecule has 6 heteroatoms. The van der Waals surface area contributed by atoms with Crippen molar-refractivity contribution in [3.8, 4) is 5.75 Å². The topological polar surface area (TPSA) is 76.1 Å². The number of hydrogen-bond acceptors (Lipinski definition) is 5. The monoisotopic (exact) mass is 547 g/mol. The zero-order chi connectivity index (χ0) is 28.9. The molecule has 0 bridgehead atoms. The van der Waals surface area contributed by atoms with Gasteiger partial charge in [-0.1, -0.05) is 94.5 Å². The highest BCUT2D eigenvalue weighted by Crippen LogP contribution is 2.26. The zero-order valence-corrected chi connectivity index (χ0v) is 24.2. The van der Waals surface area contributed by atoms with Crippen molar-refractivity contribution in [3.05, 3.63) is 90.5 Å². The zero-order valence-electron chi connectivity index (χ0n) is 24.2. The van der Waals surface area contributed by atoms with E-state index in [-0.39, 0.29) is 6.61 Å². The van der Waals surface area contributed by atoms with E-state index < -0.39 is 30.1 Å². The molecule has 2 amide bonds. The Kier molecular flexibility index (Phi) is 12.5. The van der Waals surface area contributed by atoms with Crippen molar-refractivity contribution in [3.63, 3.8) is 0 Å². The van der Waals surface area contributed by atoms with Crippen LogP contribution in [0.5, 0.6) is 5.75 Å². The van der Waals surface area contributed by atoms with Crippen molar-refractivity contribution >= 4 is 12.0 Å². The van der Waals surface area contributed by atoms with Crippen LogP contribution in [0.2, 0.25) is 0 Å². The van der Waals surface area contributed by atoms with Crippen molar-refractivity contribution < 1.29 is 24.2 Å². The lowest BCUT2D eigenvalue weighted by atomic mass is 9.89. The first kappa shape index (κ1) is 31.2. The average molecular weight is 548 g/mol. The molecule has 0 saturated carbocycles. The molecule has 216 valence electrons. The molecule has 0 spiro atoms. The van der Waals surface area contributed by atoms with E-state index in [1.807, 2.05) is 54.6 Å². The second-order valence-corrected chi connectivity index (χ2v) is 11.0. The lowest BCUT2D eigenvalue weighted by Gasteiger charge is -2.28.